The molecule has 3 heteroatoms. The van der Waals surface area contributed by atoms with Crippen molar-refractivity contribution in [3.8, 4) is 5.75 Å². The second kappa shape index (κ2) is 5.87. The van der Waals surface area contributed by atoms with Crippen LogP contribution in [0, 0.1) is 0 Å². The largest absolute Gasteiger partial charge is 0.491 e. The van der Waals surface area contributed by atoms with Crippen LogP contribution in [0.25, 0.3) is 0 Å². The highest BCUT2D eigenvalue weighted by Gasteiger charge is 2.07. The third kappa shape index (κ3) is 5.14. The first-order chi connectivity index (χ1) is 7.51. The third-order valence-electron chi connectivity index (χ3n) is 2.11. The Morgan fingerprint density at radius 3 is 2.31 bits per heavy atom. The van der Waals surface area contributed by atoms with Gasteiger partial charge in [-0.3, -0.25) is 0 Å². The quantitative estimate of drug-likeness (QED) is 0.801. The highest BCUT2D eigenvalue weighted by molar-refractivity contribution is 5.27. The zero-order valence-electron chi connectivity index (χ0n) is 10.3. The summed E-state index contributed by atoms with van der Waals surface area (Å²) in [6.07, 6.45) is 0. The Morgan fingerprint density at radius 2 is 1.81 bits per heavy atom. The molecule has 0 amide bonds. The second-order valence-corrected chi connectivity index (χ2v) is 4.82. The molecule has 0 aliphatic carbocycles. The van der Waals surface area contributed by atoms with Gasteiger partial charge in [-0.25, -0.2) is 0 Å². The minimum Gasteiger partial charge on any atom is -0.491 e. The Morgan fingerprint density at radius 1 is 1.19 bits per heavy atom. The van der Waals surface area contributed by atoms with Gasteiger partial charge in [0.15, 0.2) is 0 Å². The van der Waals surface area contributed by atoms with Crippen LogP contribution in [0.3, 0.4) is 0 Å². The Kier molecular flexibility index (Phi) is 4.77. The van der Waals surface area contributed by atoms with Crippen LogP contribution >= 0.6 is 0 Å². The fourth-order valence-electron chi connectivity index (χ4n) is 1.23. The Balaban J connectivity index is 2.45. The number of benzene rings is 1. The van der Waals surface area contributed by atoms with Crippen molar-refractivity contribution >= 4 is 0 Å². The van der Waals surface area contributed by atoms with E-state index in [1.165, 1.54) is 5.56 Å². The van der Waals surface area contributed by atoms with E-state index < -0.39 is 0 Å². The average Bonchev–Trinajstić information content (AvgIpc) is 2.24. The maximum Gasteiger partial charge on any atom is 0.119 e. The Labute approximate surface area is 97.4 Å². The minimum absolute atomic E-state index is 0.0489. The van der Waals surface area contributed by atoms with Crippen molar-refractivity contribution in [3.05, 3.63) is 29.8 Å². The lowest BCUT2D eigenvalue weighted by molar-refractivity contribution is 0.201. The molecule has 3 nitrogen and oxygen atoms in total. The van der Waals surface area contributed by atoms with Crippen molar-refractivity contribution in [1.82, 2.24) is 5.32 Å². The highest BCUT2D eigenvalue weighted by Crippen LogP contribution is 2.12. The van der Waals surface area contributed by atoms with Crippen LogP contribution in [0.2, 0.25) is 0 Å². The lowest BCUT2D eigenvalue weighted by Gasteiger charge is -2.20. The molecule has 1 aromatic carbocycles. The summed E-state index contributed by atoms with van der Waals surface area (Å²) in [6.45, 7) is 7.68. The fourth-order valence-corrected chi connectivity index (χ4v) is 1.23. The van der Waals surface area contributed by atoms with E-state index in [-0.39, 0.29) is 12.1 Å². The number of nitrogens with one attached hydrogen (secondary N) is 1. The molecule has 0 radical (unpaired) electrons. The highest BCUT2D eigenvalue weighted by atomic mass is 16.5. The van der Waals surface area contributed by atoms with Gasteiger partial charge in [0.2, 0.25) is 0 Å². The smallest absolute Gasteiger partial charge is 0.119 e. The maximum atomic E-state index is 8.62. The normalized spacial score (nSPS) is 11.5. The predicted molar refractivity (Wildman–Crippen MR) is 65.6 cm³/mol. The molecule has 0 aromatic heterocycles. The van der Waals surface area contributed by atoms with Gasteiger partial charge in [-0.1, -0.05) is 12.1 Å². The molecule has 1 rings (SSSR count). The molecular weight excluding hydrogens is 202 g/mol. The zero-order chi connectivity index (χ0) is 12.0. The molecule has 90 valence electrons. The summed E-state index contributed by atoms with van der Waals surface area (Å²) in [5.41, 5.74) is 1.36. The molecule has 2 N–H and O–H groups in total. The summed E-state index contributed by atoms with van der Waals surface area (Å²) < 4.78 is 5.29. The van der Waals surface area contributed by atoms with Gasteiger partial charge in [-0.05, 0) is 38.5 Å². The van der Waals surface area contributed by atoms with E-state index in [1.807, 2.05) is 24.3 Å². The van der Waals surface area contributed by atoms with Crippen LogP contribution in [0.5, 0.6) is 5.75 Å². The lowest BCUT2D eigenvalue weighted by Crippen LogP contribution is -2.35. The van der Waals surface area contributed by atoms with Gasteiger partial charge >= 0.3 is 0 Å². The first-order valence-electron chi connectivity index (χ1n) is 5.59. The van der Waals surface area contributed by atoms with Crippen LogP contribution in [0.1, 0.15) is 26.3 Å². The van der Waals surface area contributed by atoms with Crippen molar-refractivity contribution in [3.63, 3.8) is 0 Å². The van der Waals surface area contributed by atoms with Gasteiger partial charge in [-0.15, -0.1) is 0 Å². The topological polar surface area (TPSA) is 41.5 Å². The monoisotopic (exact) mass is 223 g/mol. The molecule has 0 saturated carbocycles. The third-order valence-corrected chi connectivity index (χ3v) is 2.11. The number of aliphatic hydroxyl groups is 1. The molecule has 0 atom stereocenters. The van der Waals surface area contributed by atoms with E-state index in [0.29, 0.717) is 6.61 Å². The van der Waals surface area contributed by atoms with Crippen LogP contribution in [-0.2, 0) is 6.54 Å². The summed E-state index contributed by atoms with van der Waals surface area (Å²) in [4.78, 5) is 0. The lowest BCUT2D eigenvalue weighted by atomic mass is 10.1. The van der Waals surface area contributed by atoms with Crippen molar-refractivity contribution in [1.29, 1.82) is 0 Å². The number of hydrogen-bond donors (Lipinski definition) is 2. The molecule has 0 fully saturated rings. The first-order valence-corrected chi connectivity index (χ1v) is 5.59. The van der Waals surface area contributed by atoms with E-state index in [4.69, 9.17) is 9.84 Å². The molecule has 0 saturated heterocycles. The molecular formula is C13H21NO2. The van der Waals surface area contributed by atoms with Crippen molar-refractivity contribution in [2.45, 2.75) is 32.9 Å². The van der Waals surface area contributed by atoms with E-state index in [0.717, 1.165) is 12.3 Å². The van der Waals surface area contributed by atoms with Crippen LogP contribution in [0.15, 0.2) is 24.3 Å². The summed E-state index contributed by atoms with van der Waals surface area (Å²) in [5, 5.41) is 12.0. The van der Waals surface area contributed by atoms with Crippen LogP contribution < -0.4 is 10.1 Å². The van der Waals surface area contributed by atoms with Gasteiger partial charge < -0.3 is 15.2 Å². The first kappa shape index (κ1) is 13.0. The predicted octanol–water partition coefficient (Wildman–Crippen LogP) is 1.95. The number of rotatable bonds is 5. The van der Waals surface area contributed by atoms with E-state index >= 15 is 0 Å². The van der Waals surface area contributed by atoms with E-state index in [1.54, 1.807) is 0 Å². The Bertz CT molecular complexity index is 301. The van der Waals surface area contributed by atoms with Gasteiger partial charge in [0.05, 0.1) is 6.61 Å². The summed E-state index contributed by atoms with van der Waals surface area (Å²) in [6, 6.07) is 7.92. The number of hydrogen-bond acceptors (Lipinski definition) is 3. The van der Waals surface area contributed by atoms with Crippen LogP contribution in [-0.4, -0.2) is 23.9 Å². The van der Waals surface area contributed by atoms with E-state index in [9.17, 15) is 0 Å². The van der Waals surface area contributed by atoms with Crippen molar-refractivity contribution < 1.29 is 9.84 Å². The minimum atomic E-state index is 0.0489. The molecule has 0 heterocycles. The summed E-state index contributed by atoms with van der Waals surface area (Å²) in [7, 11) is 0. The fraction of sp³-hybridized carbons (Fsp3) is 0.538. The molecule has 0 bridgehead atoms. The summed E-state index contributed by atoms with van der Waals surface area (Å²) >= 11 is 0. The van der Waals surface area contributed by atoms with Gasteiger partial charge in [0, 0.05) is 12.1 Å². The maximum absolute atomic E-state index is 8.62. The second-order valence-electron chi connectivity index (χ2n) is 4.82. The zero-order valence-corrected chi connectivity index (χ0v) is 10.3. The van der Waals surface area contributed by atoms with Crippen LogP contribution in [0.4, 0.5) is 0 Å². The molecule has 16 heavy (non-hydrogen) atoms. The van der Waals surface area contributed by atoms with Gasteiger partial charge in [-0.2, -0.15) is 0 Å². The number of ether oxygens (including phenoxy) is 1. The molecule has 0 aliphatic heterocycles. The number of aliphatic hydroxyl groups excluding tert-OH is 1. The standard InChI is InChI=1S/C13H21NO2/c1-13(2,3)14-10-11-4-6-12(7-5-11)16-9-8-15/h4-7,14-15H,8-10H2,1-3H3. The Hall–Kier alpha value is -1.06. The molecule has 0 spiro atoms. The van der Waals surface area contributed by atoms with E-state index in [2.05, 4.69) is 26.1 Å². The SMILES string of the molecule is CC(C)(C)NCc1ccc(OCCO)cc1. The molecule has 0 unspecified atom stereocenters. The van der Waals surface area contributed by atoms with Crippen molar-refractivity contribution in [2.75, 3.05) is 13.2 Å². The van der Waals surface area contributed by atoms with Gasteiger partial charge in [0.25, 0.3) is 0 Å². The summed E-state index contributed by atoms with van der Waals surface area (Å²) in [5.74, 6) is 0.800. The molecule has 0 aliphatic rings. The van der Waals surface area contributed by atoms with Crippen molar-refractivity contribution in [2.24, 2.45) is 0 Å². The average molecular weight is 223 g/mol. The molecule has 1 aromatic rings. The van der Waals surface area contributed by atoms with Gasteiger partial charge in [0.1, 0.15) is 12.4 Å².